The first-order valence-electron chi connectivity index (χ1n) is 4.30. The Balaban J connectivity index is 3.19. The smallest absolute Gasteiger partial charge is 0.141 e. The van der Waals surface area contributed by atoms with Crippen molar-refractivity contribution >= 4 is 15.9 Å². The van der Waals surface area contributed by atoms with Crippen LogP contribution in [0, 0.1) is 5.82 Å². The van der Waals surface area contributed by atoms with Crippen LogP contribution in [0.25, 0.3) is 0 Å². The number of methoxy groups -OCH3 is 1. The van der Waals surface area contributed by atoms with Crippen molar-refractivity contribution in [2.75, 3.05) is 14.2 Å². The predicted molar refractivity (Wildman–Crippen MR) is 58.1 cm³/mol. The molecule has 0 aromatic heterocycles. The maximum atomic E-state index is 13.2. The highest BCUT2D eigenvalue weighted by Crippen LogP contribution is 2.30. The van der Waals surface area contributed by atoms with Gasteiger partial charge < -0.3 is 10.1 Å². The van der Waals surface area contributed by atoms with Crippen molar-refractivity contribution in [1.29, 1.82) is 0 Å². The normalized spacial score (nSPS) is 12.6. The van der Waals surface area contributed by atoms with E-state index in [1.807, 2.05) is 14.0 Å². The molecule has 1 atom stereocenters. The first-order chi connectivity index (χ1) is 6.60. The molecule has 14 heavy (non-hydrogen) atoms. The summed E-state index contributed by atoms with van der Waals surface area (Å²) in [6.45, 7) is 1.99. The van der Waals surface area contributed by atoms with E-state index in [0.29, 0.717) is 10.2 Å². The Hall–Kier alpha value is -0.610. The third-order valence-corrected chi connectivity index (χ3v) is 2.78. The summed E-state index contributed by atoms with van der Waals surface area (Å²) >= 11 is 3.15. The Kier molecular flexibility index (Phi) is 3.89. The van der Waals surface area contributed by atoms with Crippen LogP contribution in [0.3, 0.4) is 0 Å². The van der Waals surface area contributed by atoms with Gasteiger partial charge in [-0.05, 0) is 36.0 Å². The lowest BCUT2D eigenvalue weighted by molar-refractivity contribution is 0.400. The Labute approximate surface area is 91.6 Å². The summed E-state index contributed by atoms with van der Waals surface area (Å²) in [4.78, 5) is 0. The van der Waals surface area contributed by atoms with Crippen molar-refractivity contribution < 1.29 is 9.13 Å². The minimum Gasteiger partial charge on any atom is -0.496 e. The summed E-state index contributed by atoms with van der Waals surface area (Å²) in [6, 6.07) is 3.24. The van der Waals surface area contributed by atoms with Gasteiger partial charge in [0, 0.05) is 17.7 Å². The van der Waals surface area contributed by atoms with E-state index in [-0.39, 0.29) is 11.9 Å². The molecule has 0 amide bonds. The maximum Gasteiger partial charge on any atom is 0.141 e. The zero-order chi connectivity index (χ0) is 10.7. The molecule has 0 fully saturated rings. The fourth-order valence-electron chi connectivity index (χ4n) is 1.21. The Morgan fingerprint density at radius 1 is 1.50 bits per heavy atom. The Morgan fingerprint density at radius 3 is 2.64 bits per heavy atom. The van der Waals surface area contributed by atoms with Gasteiger partial charge >= 0.3 is 0 Å². The first kappa shape index (κ1) is 11.5. The van der Waals surface area contributed by atoms with Gasteiger partial charge in [0.1, 0.15) is 11.6 Å². The minimum atomic E-state index is -0.311. The van der Waals surface area contributed by atoms with Crippen LogP contribution in [-0.2, 0) is 0 Å². The highest BCUT2D eigenvalue weighted by atomic mass is 79.9. The fourth-order valence-corrected chi connectivity index (χ4v) is 1.58. The van der Waals surface area contributed by atoms with E-state index < -0.39 is 0 Å². The van der Waals surface area contributed by atoms with Crippen LogP contribution in [0.1, 0.15) is 18.5 Å². The molecular weight excluding hydrogens is 249 g/mol. The summed E-state index contributed by atoms with van der Waals surface area (Å²) in [7, 11) is 3.38. The summed E-state index contributed by atoms with van der Waals surface area (Å²) < 4.78 is 18.7. The summed E-state index contributed by atoms with van der Waals surface area (Å²) in [6.07, 6.45) is 0. The minimum absolute atomic E-state index is 0.127. The van der Waals surface area contributed by atoms with E-state index in [1.165, 1.54) is 13.2 Å². The average molecular weight is 262 g/mol. The molecule has 0 aliphatic heterocycles. The number of nitrogens with one attached hydrogen (secondary N) is 1. The van der Waals surface area contributed by atoms with Gasteiger partial charge in [0.05, 0.1) is 11.6 Å². The van der Waals surface area contributed by atoms with E-state index in [1.54, 1.807) is 6.07 Å². The summed E-state index contributed by atoms with van der Waals surface area (Å²) in [5.74, 6) is 0.251. The van der Waals surface area contributed by atoms with Crippen molar-refractivity contribution in [2.24, 2.45) is 0 Å². The molecule has 0 aliphatic rings. The monoisotopic (exact) mass is 261 g/mol. The quantitative estimate of drug-likeness (QED) is 0.904. The Bertz CT molecular complexity index is 330. The molecule has 1 aromatic rings. The Morgan fingerprint density at radius 2 is 2.14 bits per heavy atom. The van der Waals surface area contributed by atoms with Gasteiger partial charge in [-0.2, -0.15) is 0 Å². The molecule has 0 saturated heterocycles. The largest absolute Gasteiger partial charge is 0.496 e. The summed E-state index contributed by atoms with van der Waals surface area (Å²) in [5, 5.41) is 3.08. The molecular formula is C10H13BrFNO. The van der Waals surface area contributed by atoms with E-state index in [0.717, 1.165) is 5.56 Å². The van der Waals surface area contributed by atoms with Crippen LogP contribution in [0.15, 0.2) is 16.6 Å². The van der Waals surface area contributed by atoms with Crippen molar-refractivity contribution in [1.82, 2.24) is 5.32 Å². The van der Waals surface area contributed by atoms with Crippen molar-refractivity contribution in [3.8, 4) is 5.75 Å². The molecule has 0 saturated carbocycles. The van der Waals surface area contributed by atoms with Gasteiger partial charge in [0.2, 0.25) is 0 Å². The van der Waals surface area contributed by atoms with Gasteiger partial charge in [-0.25, -0.2) is 4.39 Å². The molecule has 4 heteroatoms. The number of benzene rings is 1. The van der Waals surface area contributed by atoms with Crippen LogP contribution in [0.4, 0.5) is 4.39 Å². The second-order valence-electron chi connectivity index (χ2n) is 3.02. The summed E-state index contributed by atoms with van der Waals surface area (Å²) in [5.41, 5.74) is 0.934. The SMILES string of the molecule is CNC(C)c1cc(Br)c(F)cc1OC. The molecule has 1 rings (SSSR count). The van der Waals surface area contributed by atoms with E-state index >= 15 is 0 Å². The molecule has 0 spiro atoms. The molecule has 0 radical (unpaired) electrons. The van der Waals surface area contributed by atoms with Crippen molar-refractivity contribution in [3.05, 3.63) is 28.0 Å². The molecule has 0 heterocycles. The van der Waals surface area contributed by atoms with E-state index in [4.69, 9.17) is 4.74 Å². The third-order valence-electron chi connectivity index (χ3n) is 2.17. The molecule has 1 unspecified atom stereocenters. The zero-order valence-electron chi connectivity index (χ0n) is 8.40. The highest BCUT2D eigenvalue weighted by Gasteiger charge is 2.13. The number of halogens is 2. The second-order valence-corrected chi connectivity index (χ2v) is 3.87. The van der Waals surface area contributed by atoms with Gasteiger partial charge in [-0.15, -0.1) is 0 Å². The zero-order valence-corrected chi connectivity index (χ0v) is 9.98. The van der Waals surface area contributed by atoms with Gasteiger partial charge in [-0.3, -0.25) is 0 Å². The lowest BCUT2D eigenvalue weighted by Crippen LogP contribution is -2.13. The average Bonchev–Trinajstić information content (AvgIpc) is 2.20. The fraction of sp³-hybridized carbons (Fsp3) is 0.400. The predicted octanol–water partition coefficient (Wildman–Crippen LogP) is 2.88. The second kappa shape index (κ2) is 4.75. The standard InChI is InChI=1S/C10H13BrFNO/c1-6(13-2)7-4-8(11)9(12)5-10(7)14-3/h4-6,13H,1-3H3. The van der Waals surface area contributed by atoms with E-state index in [2.05, 4.69) is 21.2 Å². The number of hydrogen-bond acceptors (Lipinski definition) is 2. The maximum absolute atomic E-state index is 13.2. The van der Waals surface area contributed by atoms with Crippen LogP contribution in [0.2, 0.25) is 0 Å². The van der Waals surface area contributed by atoms with Crippen molar-refractivity contribution in [3.63, 3.8) is 0 Å². The number of ether oxygens (including phenoxy) is 1. The van der Waals surface area contributed by atoms with Crippen LogP contribution in [-0.4, -0.2) is 14.2 Å². The lowest BCUT2D eigenvalue weighted by atomic mass is 10.1. The van der Waals surface area contributed by atoms with Gasteiger partial charge in [0.25, 0.3) is 0 Å². The molecule has 1 N–H and O–H groups in total. The number of rotatable bonds is 3. The number of hydrogen-bond donors (Lipinski definition) is 1. The van der Waals surface area contributed by atoms with Crippen LogP contribution >= 0.6 is 15.9 Å². The molecule has 1 aromatic carbocycles. The highest BCUT2D eigenvalue weighted by molar-refractivity contribution is 9.10. The molecule has 78 valence electrons. The molecule has 0 aliphatic carbocycles. The first-order valence-corrected chi connectivity index (χ1v) is 5.09. The molecule has 0 bridgehead atoms. The third kappa shape index (κ3) is 2.25. The lowest BCUT2D eigenvalue weighted by Gasteiger charge is -2.15. The van der Waals surface area contributed by atoms with Gasteiger partial charge in [0.15, 0.2) is 0 Å². The van der Waals surface area contributed by atoms with E-state index in [9.17, 15) is 4.39 Å². The topological polar surface area (TPSA) is 21.3 Å². The van der Waals surface area contributed by atoms with Gasteiger partial charge in [-0.1, -0.05) is 0 Å². The van der Waals surface area contributed by atoms with Crippen LogP contribution < -0.4 is 10.1 Å². The molecule has 2 nitrogen and oxygen atoms in total. The van der Waals surface area contributed by atoms with Crippen molar-refractivity contribution in [2.45, 2.75) is 13.0 Å². The van der Waals surface area contributed by atoms with Crippen LogP contribution in [0.5, 0.6) is 5.75 Å².